The van der Waals surface area contributed by atoms with Crippen LogP contribution in [0.2, 0.25) is 5.02 Å². The quantitative estimate of drug-likeness (QED) is 0.940. The number of nitrogens with one attached hydrogen (secondary N) is 1. The van der Waals surface area contributed by atoms with Crippen LogP contribution in [0.3, 0.4) is 0 Å². The lowest BCUT2D eigenvalue weighted by molar-refractivity contribution is 0.151. The SMILES string of the molecule is C[C@@H]1CNCCN1Cc1nnc(-c2ccc(Cl)cc2)o1. The molecule has 1 fully saturated rings. The van der Waals surface area contributed by atoms with E-state index in [0.29, 0.717) is 29.4 Å². The van der Waals surface area contributed by atoms with Crippen LogP contribution in [0.5, 0.6) is 0 Å². The average molecular weight is 293 g/mol. The second-order valence-electron chi connectivity index (χ2n) is 5.03. The number of hydrogen-bond acceptors (Lipinski definition) is 5. The predicted molar refractivity (Wildman–Crippen MR) is 77.5 cm³/mol. The van der Waals surface area contributed by atoms with Gasteiger partial charge in [-0.1, -0.05) is 11.6 Å². The van der Waals surface area contributed by atoms with Crippen LogP contribution in [0.15, 0.2) is 28.7 Å². The number of nitrogens with zero attached hydrogens (tertiary/aromatic N) is 3. The molecule has 0 spiro atoms. The van der Waals surface area contributed by atoms with E-state index in [0.717, 1.165) is 25.2 Å². The van der Waals surface area contributed by atoms with Crippen LogP contribution in [-0.4, -0.2) is 40.8 Å². The summed E-state index contributed by atoms with van der Waals surface area (Å²) in [7, 11) is 0. The van der Waals surface area contributed by atoms with Gasteiger partial charge in [-0.25, -0.2) is 0 Å². The van der Waals surface area contributed by atoms with E-state index in [1.54, 1.807) is 0 Å². The number of aromatic nitrogens is 2. The molecule has 0 bridgehead atoms. The molecule has 0 unspecified atom stereocenters. The monoisotopic (exact) mass is 292 g/mol. The van der Waals surface area contributed by atoms with Gasteiger partial charge in [-0.3, -0.25) is 4.90 Å². The van der Waals surface area contributed by atoms with Gasteiger partial charge >= 0.3 is 0 Å². The molecular weight excluding hydrogens is 276 g/mol. The summed E-state index contributed by atoms with van der Waals surface area (Å²) >= 11 is 5.87. The van der Waals surface area contributed by atoms with Crippen molar-refractivity contribution in [1.29, 1.82) is 0 Å². The number of piperazine rings is 1. The zero-order chi connectivity index (χ0) is 13.9. The van der Waals surface area contributed by atoms with Crippen LogP contribution >= 0.6 is 11.6 Å². The lowest BCUT2D eigenvalue weighted by Gasteiger charge is -2.32. The minimum atomic E-state index is 0.481. The van der Waals surface area contributed by atoms with E-state index in [2.05, 4.69) is 27.3 Å². The van der Waals surface area contributed by atoms with E-state index in [-0.39, 0.29) is 0 Å². The molecule has 0 saturated carbocycles. The van der Waals surface area contributed by atoms with Gasteiger partial charge in [0.25, 0.3) is 0 Å². The first-order chi connectivity index (χ1) is 9.72. The van der Waals surface area contributed by atoms with Gasteiger partial charge in [0.2, 0.25) is 11.8 Å². The minimum absolute atomic E-state index is 0.481. The molecule has 1 N–H and O–H groups in total. The van der Waals surface area contributed by atoms with Gasteiger partial charge in [0.15, 0.2) is 0 Å². The Labute approximate surface area is 122 Å². The van der Waals surface area contributed by atoms with Gasteiger partial charge < -0.3 is 9.73 Å². The van der Waals surface area contributed by atoms with E-state index in [1.807, 2.05) is 24.3 Å². The average Bonchev–Trinajstić information content (AvgIpc) is 2.91. The fourth-order valence-electron chi connectivity index (χ4n) is 2.32. The van der Waals surface area contributed by atoms with Gasteiger partial charge in [-0.05, 0) is 31.2 Å². The maximum Gasteiger partial charge on any atom is 0.247 e. The Morgan fingerprint density at radius 1 is 1.35 bits per heavy atom. The molecule has 0 radical (unpaired) electrons. The highest BCUT2D eigenvalue weighted by molar-refractivity contribution is 6.30. The highest BCUT2D eigenvalue weighted by Gasteiger charge is 2.20. The van der Waals surface area contributed by atoms with Crippen molar-refractivity contribution in [2.24, 2.45) is 0 Å². The Morgan fingerprint density at radius 2 is 2.15 bits per heavy atom. The lowest BCUT2D eigenvalue weighted by atomic mass is 10.2. The first-order valence-corrected chi connectivity index (χ1v) is 7.13. The first-order valence-electron chi connectivity index (χ1n) is 6.75. The van der Waals surface area contributed by atoms with Crippen molar-refractivity contribution in [3.63, 3.8) is 0 Å². The third-order valence-corrected chi connectivity index (χ3v) is 3.79. The van der Waals surface area contributed by atoms with Crippen molar-refractivity contribution in [2.45, 2.75) is 19.5 Å². The van der Waals surface area contributed by atoms with Gasteiger partial charge in [0.05, 0.1) is 6.54 Å². The molecule has 3 rings (SSSR count). The summed E-state index contributed by atoms with van der Waals surface area (Å²) in [5.74, 6) is 1.20. The van der Waals surface area contributed by atoms with Crippen molar-refractivity contribution in [3.05, 3.63) is 35.2 Å². The van der Waals surface area contributed by atoms with Gasteiger partial charge in [-0.2, -0.15) is 0 Å². The molecule has 2 heterocycles. The molecule has 1 aromatic carbocycles. The Morgan fingerprint density at radius 3 is 2.90 bits per heavy atom. The van der Waals surface area contributed by atoms with Crippen molar-refractivity contribution in [2.75, 3.05) is 19.6 Å². The van der Waals surface area contributed by atoms with Crippen LogP contribution in [-0.2, 0) is 6.54 Å². The standard InChI is InChI=1S/C14H17ClN4O/c1-10-8-16-6-7-19(10)9-13-17-18-14(20-13)11-2-4-12(15)5-3-11/h2-5,10,16H,6-9H2,1H3/t10-/m1/s1. The zero-order valence-electron chi connectivity index (χ0n) is 11.3. The molecule has 0 aliphatic carbocycles. The topological polar surface area (TPSA) is 54.2 Å². The number of halogens is 1. The Kier molecular flexibility index (Phi) is 4.00. The van der Waals surface area contributed by atoms with Crippen molar-refractivity contribution in [1.82, 2.24) is 20.4 Å². The van der Waals surface area contributed by atoms with Gasteiger partial charge in [-0.15, -0.1) is 10.2 Å². The highest BCUT2D eigenvalue weighted by atomic mass is 35.5. The van der Waals surface area contributed by atoms with Gasteiger partial charge in [0, 0.05) is 36.3 Å². The summed E-state index contributed by atoms with van der Waals surface area (Å²) in [6.07, 6.45) is 0. The molecular formula is C14H17ClN4O. The zero-order valence-corrected chi connectivity index (χ0v) is 12.1. The molecule has 1 atom stereocenters. The summed E-state index contributed by atoms with van der Waals surface area (Å²) < 4.78 is 5.73. The number of rotatable bonds is 3. The summed E-state index contributed by atoms with van der Waals surface area (Å²) in [6.45, 7) is 5.90. The second kappa shape index (κ2) is 5.91. The smallest absolute Gasteiger partial charge is 0.247 e. The molecule has 1 aliphatic rings. The van der Waals surface area contributed by atoms with Crippen molar-refractivity contribution < 1.29 is 4.42 Å². The summed E-state index contributed by atoms with van der Waals surface area (Å²) in [5.41, 5.74) is 0.890. The van der Waals surface area contributed by atoms with Crippen molar-refractivity contribution >= 4 is 11.6 Å². The molecule has 5 nitrogen and oxygen atoms in total. The van der Waals surface area contributed by atoms with E-state index in [1.165, 1.54) is 0 Å². The normalized spacial score (nSPS) is 20.2. The molecule has 106 valence electrons. The van der Waals surface area contributed by atoms with E-state index < -0.39 is 0 Å². The fourth-order valence-corrected chi connectivity index (χ4v) is 2.44. The molecule has 20 heavy (non-hydrogen) atoms. The fraction of sp³-hybridized carbons (Fsp3) is 0.429. The Balaban J connectivity index is 1.71. The Bertz CT molecular complexity index is 569. The third kappa shape index (κ3) is 3.00. The van der Waals surface area contributed by atoms with Crippen LogP contribution in [0.4, 0.5) is 0 Å². The minimum Gasteiger partial charge on any atom is -0.419 e. The summed E-state index contributed by atoms with van der Waals surface area (Å²) in [4.78, 5) is 2.34. The first kappa shape index (κ1) is 13.5. The van der Waals surface area contributed by atoms with Crippen molar-refractivity contribution in [3.8, 4) is 11.5 Å². The highest BCUT2D eigenvalue weighted by Crippen LogP contribution is 2.21. The van der Waals surface area contributed by atoms with Crippen LogP contribution in [0.25, 0.3) is 11.5 Å². The van der Waals surface area contributed by atoms with Crippen LogP contribution in [0.1, 0.15) is 12.8 Å². The maximum absolute atomic E-state index is 5.87. The number of benzene rings is 1. The Hall–Kier alpha value is -1.43. The maximum atomic E-state index is 5.87. The van der Waals surface area contributed by atoms with Gasteiger partial charge in [0.1, 0.15) is 0 Å². The van der Waals surface area contributed by atoms with E-state index in [9.17, 15) is 0 Å². The largest absolute Gasteiger partial charge is 0.419 e. The molecule has 6 heteroatoms. The molecule has 0 amide bonds. The molecule has 1 aliphatic heterocycles. The van der Waals surface area contributed by atoms with Crippen LogP contribution < -0.4 is 5.32 Å². The van der Waals surface area contributed by atoms with Crippen LogP contribution in [0, 0.1) is 0 Å². The van der Waals surface area contributed by atoms with E-state index >= 15 is 0 Å². The predicted octanol–water partition coefficient (Wildman–Crippen LogP) is 2.18. The molecule has 2 aromatic rings. The van der Waals surface area contributed by atoms with E-state index in [4.69, 9.17) is 16.0 Å². The second-order valence-corrected chi connectivity index (χ2v) is 5.47. The lowest BCUT2D eigenvalue weighted by Crippen LogP contribution is -2.49. The summed E-state index contributed by atoms with van der Waals surface area (Å²) in [6, 6.07) is 7.88. The third-order valence-electron chi connectivity index (χ3n) is 3.54. The molecule has 1 aromatic heterocycles. The summed E-state index contributed by atoms with van der Waals surface area (Å²) in [5, 5.41) is 12.3. The molecule has 1 saturated heterocycles. The number of hydrogen-bond donors (Lipinski definition) is 1.